The molecule has 0 amide bonds. The lowest BCUT2D eigenvalue weighted by atomic mass is 10.2. The van der Waals surface area contributed by atoms with E-state index in [4.69, 9.17) is 0 Å². The van der Waals surface area contributed by atoms with E-state index in [-0.39, 0.29) is 0 Å². The minimum Gasteiger partial charge on any atom is -0.298 e. The van der Waals surface area contributed by atoms with Gasteiger partial charge in [-0.05, 0) is 43.0 Å². The molecular weight excluding hydrogens is 300 g/mol. The van der Waals surface area contributed by atoms with E-state index in [1.165, 1.54) is 11.8 Å². The number of benzene rings is 1. The summed E-state index contributed by atoms with van der Waals surface area (Å²) in [5, 5.41) is 0.649. The third-order valence-corrected chi connectivity index (χ3v) is 3.54. The van der Waals surface area contributed by atoms with Crippen LogP contribution in [0.2, 0.25) is 0 Å². The number of nitrogens with zero attached hydrogens (tertiary/aromatic N) is 2. The van der Waals surface area contributed by atoms with Gasteiger partial charge >= 0.3 is 0 Å². The number of halogens is 1. The molecule has 0 unspecified atom stereocenters. The lowest BCUT2D eigenvalue weighted by Gasteiger charge is -2.04. The fraction of sp³-hybridized carbons (Fsp3) is 0.0833. The van der Waals surface area contributed by atoms with Crippen LogP contribution in [-0.2, 0) is 0 Å². The van der Waals surface area contributed by atoms with Crippen LogP contribution in [-0.4, -0.2) is 16.3 Å². The zero-order chi connectivity index (χ0) is 12.3. The highest BCUT2D eigenvalue weighted by atomic mass is 79.9. The summed E-state index contributed by atoms with van der Waals surface area (Å²) in [5.74, 6) is 0. The van der Waals surface area contributed by atoms with Crippen LogP contribution < -0.4 is 0 Å². The SMILES string of the molecule is Cc1ccnc(Sc2ccc(Br)cc2C=O)n1. The fourth-order valence-electron chi connectivity index (χ4n) is 1.28. The average Bonchev–Trinajstić information content (AvgIpc) is 2.31. The number of carbonyl (C=O) groups is 1. The largest absolute Gasteiger partial charge is 0.298 e. The summed E-state index contributed by atoms with van der Waals surface area (Å²) in [6.45, 7) is 1.91. The number of hydrogen-bond acceptors (Lipinski definition) is 4. The topological polar surface area (TPSA) is 42.9 Å². The minimum atomic E-state index is 0.634. The van der Waals surface area contributed by atoms with Gasteiger partial charge in [0, 0.05) is 26.8 Å². The van der Waals surface area contributed by atoms with Crippen LogP contribution in [0.15, 0.2) is 45.0 Å². The molecule has 0 saturated heterocycles. The van der Waals surface area contributed by atoms with E-state index in [0.29, 0.717) is 10.7 Å². The van der Waals surface area contributed by atoms with E-state index >= 15 is 0 Å². The molecular formula is C12H9BrN2OS. The highest BCUT2D eigenvalue weighted by Crippen LogP contribution is 2.29. The summed E-state index contributed by atoms with van der Waals surface area (Å²) >= 11 is 4.72. The molecule has 0 fully saturated rings. The Bertz CT molecular complexity index is 560. The van der Waals surface area contributed by atoms with Crippen molar-refractivity contribution in [1.82, 2.24) is 9.97 Å². The molecule has 86 valence electrons. The fourth-order valence-corrected chi connectivity index (χ4v) is 2.52. The first-order valence-corrected chi connectivity index (χ1v) is 6.52. The third-order valence-electron chi connectivity index (χ3n) is 2.07. The minimum absolute atomic E-state index is 0.634. The zero-order valence-corrected chi connectivity index (χ0v) is 11.5. The maximum Gasteiger partial charge on any atom is 0.192 e. The molecule has 3 nitrogen and oxygen atoms in total. The molecule has 2 rings (SSSR count). The first-order chi connectivity index (χ1) is 8.19. The first-order valence-electron chi connectivity index (χ1n) is 4.91. The van der Waals surface area contributed by atoms with E-state index in [1.807, 2.05) is 25.1 Å². The van der Waals surface area contributed by atoms with Gasteiger partial charge in [0.05, 0.1) is 0 Å². The van der Waals surface area contributed by atoms with Crippen molar-refractivity contribution in [3.8, 4) is 0 Å². The first kappa shape index (κ1) is 12.3. The van der Waals surface area contributed by atoms with Crippen LogP contribution in [0.3, 0.4) is 0 Å². The molecule has 5 heteroatoms. The third kappa shape index (κ3) is 3.14. The van der Waals surface area contributed by atoms with Crippen LogP contribution in [0, 0.1) is 6.92 Å². The van der Waals surface area contributed by atoms with Gasteiger partial charge in [-0.2, -0.15) is 0 Å². The van der Waals surface area contributed by atoms with E-state index in [1.54, 1.807) is 12.3 Å². The molecule has 0 spiro atoms. The predicted octanol–water partition coefficient (Wildman–Crippen LogP) is 3.51. The van der Waals surface area contributed by atoms with Gasteiger partial charge in [0.15, 0.2) is 11.4 Å². The Morgan fingerprint density at radius 2 is 2.18 bits per heavy atom. The molecule has 0 N–H and O–H groups in total. The summed E-state index contributed by atoms with van der Waals surface area (Å²) in [6.07, 6.45) is 2.55. The van der Waals surface area contributed by atoms with Gasteiger partial charge in [0.1, 0.15) is 0 Å². The van der Waals surface area contributed by atoms with Crippen molar-refractivity contribution in [2.75, 3.05) is 0 Å². The molecule has 17 heavy (non-hydrogen) atoms. The van der Waals surface area contributed by atoms with Gasteiger partial charge in [-0.15, -0.1) is 0 Å². The zero-order valence-electron chi connectivity index (χ0n) is 9.05. The molecule has 0 aliphatic rings. The van der Waals surface area contributed by atoms with E-state index in [9.17, 15) is 4.79 Å². The molecule has 0 radical (unpaired) electrons. The number of aldehydes is 1. The monoisotopic (exact) mass is 308 g/mol. The lowest BCUT2D eigenvalue weighted by molar-refractivity contribution is 0.112. The highest BCUT2D eigenvalue weighted by Gasteiger charge is 2.06. The molecule has 0 aliphatic carbocycles. The van der Waals surface area contributed by atoms with Crippen molar-refractivity contribution >= 4 is 34.0 Å². The van der Waals surface area contributed by atoms with Gasteiger partial charge in [-0.25, -0.2) is 9.97 Å². The smallest absolute Gasteiger partial charge is 0.192 e. The Hall–Kier alpha value is -1.20. The van der Waals surface area contributed by atoms with E-state index in [2.05, 4.69) is 25.9 Å². The van der Waals surface area contributed by atoms with Gasteiger partial charge in [0.25, 0.3) is 0 Å². The summed E-state index contributed by atoms with van der Waals surface area (Å²) < 4.78 is 0.883. The van der Waals surface area contributed by atoms with Gasteiger partial charge in [0.2, 0.25) is 0 Å². The van der Waals surface area contributed by atoms with Crippen molar-refractivity contribution in [2.24, 2.45) is 0 Å². The maximum absolute atomic E-state index is 11.0. The standard InChI is InChI=1S/C12H9BrN2OS/c1-8-4-5-14-12(15-8)17-11-3-2-10(13)6-9(11)7-16/h2-7H,1H3. The lowest BCUT2D eigenvalue weighted by Crippen LogP contribution is -1.90. The van der Waals surface area contributed by atoms with Crippen molar-refractivity contribution < 1.29 is 4.79 Å². The Morgan fingerprint density at radius 3 is 2.88 bits per heavy atom. The van der Waals surface area contributed by atoms with Crippen LogP contribution >= 0.6 is 27.7 Å². The summed E-state index contributed by atoms with van der Waals surface area (Å²) in [6, 6.07) is 7.40. The molecule has 0 atom stereocenters. The second-order valence-corrected chi connectivity index (χ2v) is 5.31. The molecule has 0 bridgehead atoms. The van der Waals surface area contributed by atoms with Gasteiger partial charge in [-0.3, -0.25) is 4.79 Å². The number of aryl methyl sites for hydroxylation is 1. The number of aromatic nitrogens is 2. The van der Waals surface area contributed by atoms with Gasteiger partial charge in [-0.1, -0.05) is 15.9 Å². The summed E-state index contributed by atoms with van der Waals surface area (Å²) in [4.78, 5) is 20.3. The highest BCUT2D eigenvalue weighted by molar-refractivity contribution is 9.10. The second kappa shape index (κ2) is 5.42. The van der Waals surface area contributed by atoms with Crippen molar-refractivity contribution in [3.63, 3.8) is 0 Å². The van der Waals surface area contributed by atoms with Crippen LogP contribution in [0.1, 0.15) is 16.1 Å². The Morgan fingerprint density at radius 1 is 1.35 bits per heavy atom. The molecule has 1 aromatic carbocycles. The van der Waals surface area contributed by atoms with Gasteiger partial charge < -0.3 is 0 Å². The Balaban J connectivity index is 2.32. The predicted molar refractivity (Wildman–Crippen MR) is 70.4 cm³/mol. The van der Waals surface area contributed by atoms with E-state index < -0.39 is 0 Å². The molecule has 0 aliphatic heterocycles. The van der Waals surface area contributed by atoms with Crippen molar-refractivity contribution in [3.05, 3.63) is 46.2 Å². The molecule has 2 aromatic rings. The number of rotatable bonds is 3. The molecule has 1 heterocycles. The average molecular weight is 309 g/mol. The molecule has 1 aromatic heterocycles. The van der Waals surface area contributed by atoms with Crippen LogP contribution in [0.4, 0.5) is 0 Å². The second-order valence-electron chi connectivity index (χ2n) is 3.38. The number of hydrogen-bond donors (Lipinski definition) is 0. The quantitative estimate of drug-likeness (QED) is 0.643. The van der Waals surface area contributed by atoms with Crippen LogP contribution in [0.5, 0.6) is 0 Å². The van der Waals surface area contributed by atoms with E-state index in [0.717, 1.165) is 21.3 Å². The van der Waals surface area contributed by atoms with Crippen molar-refractivity contribution in [2.45, 2.75) is 17.0 Å². The Labute approximate surface area is 112 Å². The van der Waals surface area contributed by atoms with Crippen LogP contribution in [0.25, 0.3) is 0 Å². The summed E-state index contributed by atoms with van der Waals surface area (Å²) in [5.41, 5.74) is 1.54. The summed E-state index contributed by atoms with van der Waals surface area (Å²) in [7, 11) is 0. The molecule has 0 saturated carbocycles. The Kier molecular flexibility index (Phi) is 3.91. The maximum atomic E-state index is 11.0. The normalized spacial score (nSPS) is 10.2. The number of carbonyl (C=O) groups excluding carboxylic acids is 1. The van der Waals surface area contributed by atoms with Crippen molar-refractivity contribution in [1.29, 1.82) is 0 Å².